The van der Waals surface area contributed by atoms with Crippen molar-refractivity contribution in [2.75, 3.05) is 45.6 Å². The van der Waals surface area contributed by atoms with Crippen LogP contribution in [0.2, 0.25) is 0 Å². The number of hydrogen-bond acceptors (Lipinski definition) is 6. The maximum Gasteiger partial charge on any atom is 0.317 e. The highest BCUT2D eigenvalue weighted by Gasteiger charge is 2.15. The van der Waals surface area contributed by atoms with Gasteiger partial charge in [-0.15, -0.1) is 0 Å². The van der Waals surface area contributed by atoms with Crippen molar-refractivity contribution in [1.29, 1.82) is 0 Å². The second kappa shape index (κ2) is 7.61. The number of hydrogen-bond donors (Lipinski definition) is 2. The number of likely N-dealkylation sites (N-methyl/N-ethyl adjacent to an activating group) is 1. The number of amides is 1. The molecule has 0 aliphatic rings. The van der Waals surface area contributed by atoms with Crippen LogP contribution in [0.3, 0.4) is 0 Å². The molecule has 0 saturated heterocycles. The highest BCUT2D eigenvalue weighted by atomic mass is 16.5. The quantitative estimate of drug-likeness (QED) is 0.686. The summed E-state index contributed by atoms with van der Waals surface area (Å²) in [5.74, 6) is -0.363. The molecule has 1 aromatic heterocycles. The summed E-state index contributed by atoms with van der Waals surface area (Å²) in [5, 5.41) is 15.1. The minimum Gasteiger partial charge on any atom is -0.480 e. The molecule has 0 aromatic carbocycles. The van der Waals surface area contributed by atoms with E-state index >= 15 is 0 Å². The molecule has 1 rings (SSSR count). The van der Waals surface area contributed by atoms with E-state index in [2.05, 4.69) is 10.5 Å². The van der Waals surface area contributed by atoms with Crippen molar-refractivity contribution in [2.45, 2.75) is 6.92 Å². The van der Waals surface area contributed by atoms with Gasteiger partial charge in [0.05, 0.1) is 13.1 Å². The molecule has 1 aromatic rings. The van der Waals surface area contributed by atoms with Gasteiger partial charge in [-0.25, -0.2) is 0 Å². The van der Waals surface area contributed by atoms with E-state index in [9.17, 15) is 9.59 Å². The number of nitrogens with one attached hydrogen (secondary N) is 1. The first kappa shape index (κ1) is 16.1. The van der Waals surface area contributed by atoms with Gasteiger partial charge in [0.2, 0.25) is 5.91 Å². The van der Waals surface area contributed by atoms with Crippen molar-refractivity contribution >= 4 is 17.7 Å². The minimum atomic E-state index is -0.964. The molecular weight excluding hydrogens is 264 g/mol. The molecule has 8 nitrogen and oxygen atoms in total. The number of carboxylic acids is 1. The summed E-state index contributed by atoms with van der Waals surface area (Å²) in [6.07, 6.45) is 0. The number of aromatic nitrogens is 1. The summed E-state index contributed by atoms with van der Waals surface area (Å²) in [4.78, 5) is 26.1. The Morgan fingerprint density at radius 2 is 2.05 bits per heavy atom. The first-order valence-electron chi connectivity index (χ1n) is 6.19. The molecule has 0 aliphatic heterocycles. The summed E-state index contributed by atoms with van der Waals surface area (Å²) >= 11 is 0. The first-order valence-corrected chi connectivity index (χ1v) is 6.19. The highest BCUT2D eigenvalue weighted by molar-refractivity contribution is 5.91. The lowest BCUT2D eigenvalue weighted by molar-refractivity contribution is -0.138. The number of anilines is 1. The van der Waals surface area contributed by atoms with Gasteiger partial charge in [0.25, 0.3) is 0 Å². The number of aliphatic carboxylic acids is 1. The van der Waals surface area contributed by atoms with E-state index in [1.807, 2.05) is 19.0 Å². The maximum atomic E-state index is 11.8. The van der Waals surface area contributed by atoms with Crippen LogP contribution in [0.4, 0.5) is 5.82 Å². The van der Waals surface area contributed by atoms with Crippen LogP contribution in [-0.4, -0.2) is 72.2 Å². The zero-order chi connectivity index (χ0) is 15.1. The number of carbonyl (C=O) groups is 2. The number of aryl methyl sites for hydroxylation is 1. The molecule has 0 bridgehead atoms. The van der Waals surface area contributed by atoms with Crippen LogP contribution in [0.15, 0.2) is 10.6 Å². The van der Waals surface area contributed by atoms with E-state index in [1.54, 1.807) is 17.9 Å². The maximum absolute atomic E-state index is 11.8. The Morgan fingerprint density at radius 1 is 1.35 bits per heavy atom. The number of rotatable bonds is 8. The second-order valence-electron chi connectivity index (χ2n) is 4.78. The van der Waals surface area contributed by atoms with Gasteiger partial charge in [0, 0.05) is 19.2 Å². The number of carboxylic acid groups (broad SMARTS) is 1. The Bertz CT molecular complexity index is 458. The van der Waals surface area contributed by atoms with E-state index in [-0.39, 0.29) is 19.0 Å². The average molecular weight is 284 g/mol. The summed E-state index contributed by atoms with van der Waals surface area (Å²) in [6, 6.07) is 1.60. The van der Waals surface area contributed by atoms with Gasteiger partial charge in [-0.2, -0.15) is 0 Å². The van der Waals surface area contributed by atoms with Crippen molar-refractivity contribution < 1.29 is 19.2 Å². The molecular formula is C12H20N4O4. The third kappa shape index (κ3) is 6.30. The Kier molecular flexibility index (Phi) is 6.13. The highest BCUT2D eigenvalue weighted by Crippen LogP contribution is 2.06. The number of nitrogens with zero attached hydrogens (tertiary/aromatic N) is 3. The van der Waals surface area contributed by atoms with E-state index in [0.29, 0.717) is 24.7 Å². The third-order valence-corrected chi connectivity index (χ3v) is 2.48. The fourth-order valence-corrected chi connectivity index (χ4v) is 1.56. The van der Waals surface area contributed by atoms with Gasteiger partial charge >= 0.3 is 5.97 Å². The van der Waals surface area contributed by atoms with Crippen LogP contribution in [0.1, 0.15) is 5.76 Å². The fraction of sp³-hybridized carbons (Fsp3) is 0.583. The molecule has 0 saturated carbocycles. The lowest BCUT2D eigenvalue weighted by atomic mass is 10.4. The lowest BCUT2D eigenvalue weighted by Crippen LogP contribution is -2.40. The molecule has 0 unspecified atom stereocenters. The van der Waals surface area contributed by atoms with Crippen molar-refractivity contribution in [3.8, 4) is 0 Å². The molecule has 8 heteroatoms. The fourth-order valence-electron chi connectivity index (χ4n) is 1.56. The predicted octanol–water partition coefficient (Wildman–Crippen LogP) is -0.130. The minimum absolute atomic E-state index is 0.00789. The average Bonchev–Trinajstić information content (AvgIpc) is 2.70. The van der Waals surface area contributed by atoms with Crippen molar-refractivity contribution in [1.82, 2.24) is 15.0 Å². The molecule has 112 valence electrons. The monoisotopic (exact) mass is 284 g/mol. The SMILES string of the molecule is Cc1cc(NC(=O)CN(CCN(C)C)CC(=O)O)no1. The molecule has 0 aliphatic carbocycles. The van der Waals surface area contributed by atoms with Crippen LogP contribution in [0.5, 0.6) is 0 Å². The largest absolute Gasteiger partial charge is 0.480 e. The van der Waals surface area contributed by atoms with E-state index in [1.165, 1.54) is 0 Å². The van der Waals surface area contributed by atoms with Gasteiger partial charge < -0.3 is 19.8 Å². The standard InChI is InChI=1S/C12H20N4O4/c1-9-6-10(14-20-9)13-11(17)7-16(8-12(18)19)5-4-15(2)3/h6H,4-5,7-8H2,1-3H3,(H,18,19)(H,13,14,17). The molecule has 0 spiro atoms. The predicted molar refractivity (Wildman–Crippen MR) is 72.5 cm³/mol. The Labute approximate surface area is 117 Å². The second-order valence-corrected chi connectivity index (χ2v) is 4.78. The van der Waals surface area contributed by atoms with Gasteiger partial charge in [-0.05, 0) is 21.0 Å². The van der Waals surface area contributed by atoms with Gasteiger partial charge in [0.15, 0.2) is 5.82 Å². The van der Waals surface area contributed by atoms with Crippen LogP contribution < -0.4 is 5.32 Å². The van der Waals surface area contributed by atoms with E-state index < -0.39 is 5.97 Å². The topological polar surface area (TPSA) is 98.9 Å². The normalized spacial score (nSPS) is 11.1. The van der Waals surface area contributed by atoms with Crippen LogP contribution in [0, 0.1) is 6.92 Å². The molecule has 2 N–H and O–H groups in total. The van der Waals surface area contributed by atoms with E-state index in [0.717, 1.165) is 0 Å². The van der Waals surface area contributed by atoms with Crippen LogP contribution >= 0.6 is 0 Å². The van der Waals surface area contributed by atoms with Crippen LogP contribution in [-0.2, 0) is 9.59 Å². The third-order valence-electron chi connectivity index (χ3n) is 2.48. The molecule has 1 amide bonds. The lowest BCUT2D eigenvalue weighted by Gasteiger charge is -2.21. The van der Waals surface area contributed by atoms with E-state index in [4.69, 9.17) is 9.63 Å². The number of carbonyl (C=O) groups excluding carboxylic acids is 1. The smallest absolute Gasteiger partial charge is 0.317 e. The van der Waals surface area contributed by atoms with Gasteiger partial charge in [-0.3, -0.25) is 14.5 Å². The molecule has 0 fully saturated rings. The summed E-state index contributed by atoms with van der Waals surface area (Å²) in [7, 11) is 3.77. The van der Waals surface area contributed by atoms with Gasteiger partial charge in [0.1, 0.15) is 5.76 Å². The Hall–Kier alpha value is -1.93. The van der Waals surface area contributed by atoms with Crippen molar-refractivity contribution in [2.24, 2.45) is 0 Å². The molecule has 20 heavy (non-hydrogen) atoms. The summed E-state index contributed by atoms with van der Waals surface area (Å²) < 4.78 is 4.83. The summed E-state index contributed by atoms with van der Waals surface area (Å²) in [5.41, 5.74) is 0. The summed E-state index contributed by atoms with van der Waals surface area (Å²) in [6.45, 7) is 2.69. The van der Waals surface area contributed by atoms with Crippen molar-refractivity contribution in [3.63, 3.8) is 0 Å². The Balaban J connectivity index is 2.49. The first-order chi connectivity index (χ1) is 9.36. The van der Waals surface area contributed by atoms with Crippen LogP contribution in [0.25, 0.3) is 0 Å². The molecule has 0 radical (unpaired) electrons. The zero-order valence-corrected chi connectivity index (χ0v) is 11.9. The van der Waals surface area contributed by atoms with Crippen molar-refractivity contribution in [3.05, 3.63) is 11.8 Å². The molecule has 1 heterocycles. The molecule has 0 atom stereocenters. The zero-order valence-electron chi connectivity index (χ0n) is 11.9. The Morgan fingerprint density at radius 3 is 2.55 bits per heavy atom. The van der Waals surface area contributed by atoms with Gasteiger partial charge in [-0.1, -0.05) is 5.16 Å².